The molecule has 1 aliphatic rings. The first-order valence-corrected chi connectivity index (χ1v) is 15.7. The van der Waals surface area contributed by atoms with Gasteiger partial charge in [0.1, 0.15) is 17.2 Å². The summed E-state index contributed by atoms with van der Waals surface area (Å²) in [6, 6.07) is 14.0. The number of carbonyl (C=O) groups excluding carboxylic acids is 1. The molecule has 0 spiro atoms. The lowest BCUT2D eigenvalue weighted by molar-refractivity contribution is -0.111. The molecular formula is C35H40N8O4. The van der Waals surface area contributed by atoms with E-state index in [1.54, 1.807) is 19.6 Å². The van der Waals surface area contributed by atoms with Crippen molar-refractivity contribution >= 4 is 39.9 Å². The highest BCUT2D eigenvalue weighted by Crippen LogP contribution is 2.40. The fourth-order valence-corrected chi connectivity index (χ4v) is 5.98. The van der Waals surface area contributed by atoms with Crippen LogP contribution in [-0.2, 0) is 11.2 Å². The molecule has 3 aromatic heterocycles. The van der Waals surface area contributed by atoms with Gasteiger partial charge in [0.25, 0.3) is 0 Å². The van der Waals surface area contributed by atoms with Gasteiger partial charge in [-0.3, -0.25) is 4.79 Å². The molecule has 0 bridgehead atoms. The Hall–Kier alpha value is -5.20. The van der Waals surface area contributed by atoms with Crippen LogP contribution < -0.4 is 20.3 Å². The zero-order valence-corrected chi connectivity index (χ0v) is 26.9. The Bertz CT molecular complexity index is 1870. The average Bonchev–Trinajstić information content (AvgIpc) is 3.75. The molecule has 1 fully saturated rings. The number of anilines is 4. The number of furan rings is 1. The molecular weight excluding hydrogens is 596 g/mol. The lowest BCUT2D eigenvalue weighted by Gasteiger charge is -2.37. The number of nitrogens with one attached hydrogen (secondary N) is 3. The van der Waals surface area contributed by atoms with E-state index in [0.717, 1.165) is 65.4 Å². The quantitative estimate of drug-likeness (QED) is 0.128. The topological polar surface area (TPSA) is 145 Å². The number of hydrogen-bond donors (Lipinski definition) is 4. The van der Waals surface area contributed by atoms with Gasteiger partial charge in [0.15, 0.2) is 0 Å². The third kappa shape index (κ3) is 6.98. The SMILES string of the molecule is C=CC(=O)Nc1cc(Nc2nccc(-c3[nH]c(CCCO)nc3-c3ccc4occc4c3)n2)c(OC)cc1N1CCC(N(C)C)CC1. The summed E-state index contributed by atoms with van der Waals surface area (Å²) in [6.07, 6.45) is 7.79. The summed E-state index contributed by atoms with van der Waals surface area (Å²) in [4.78, 5) is 34.7. The van der Waals surface area contributed by atoms with Crippen LogP contribution in [0, 0.1) is 0 Å². The lowest BCUT2D eigenvalue weighted by atomic mass is 10.0. The Kier molecular flexibility index (Phi) is 9.50. The van der Waals surface area contributed by atoms with Gasteiger partial charge in [-0.25, -0.2) is 15.0 Å². The minimum absolute atomic E-state index is 0.0676. The minimum atomic E-state index is -0.304. The number of ether oxygens (including phenoxy) is 1. The molecule has 5 aromatic rings. The van der Waals surface area contributed by atoms with Gasteiger partial charge >= 0.3 is 0 Å². The van der Waals surface area contributed by atoms with Crippen molar-refractivity contribution in [3.8, 4) is 28.4 Å². The number of imidazole rings is 1. The van der Waals surface area contributed by atoms with Gasteiger partial charge in [-0.2, -0.15) is 0 Å². The van der Waals surface area contributed by atoms with Crippen LogP contribution in [0.4, 0.5) is 23.0 Å². The number of H-pyrrole nitrogens is 1. The summed E-state index contributed by atoms with van der Waals surface area (Å²) in [5.41, 5.74) is 5.90. The fourth-order valence-electron chi connectivity index (χ4n) is 5.98. The van der Waals surface area contributed by atoms with Crippen LogP contribution in [-0.4, -0.2) is 82.8 Å². The maximum absolute atomic E-state index is 12.5. The van der Waals surface area contributed by atoms with E-state index in [4.69, 9.17) is 19.1 Å². The fraction of sp³-hybridized carbons (Fsp3) is 0.314. The molecule has 47 heavy (non-hydrogen) atoms. The van der Waals surface area contributed by atoms with Crippen LogP contribution in [0.2, 0.25) is 0 Å². The Morgan fingerprint density at radius 1 is 1.17 bits per heavy atom. The van der Waals surface area contributed by atoms with E-state index in [1.807, 2.05) is 42.5 Å². The summed E-state index contributed by atoms with van der Waals surface area (Å²) in [7, 11) is 5.84. The van der Waals surface area contributed by atoms with Crippen LogP contribution >= 0.6 is 0 Å². The van der Waals surface area contributed by atoms with E-state index in [0.29, 0.717) is 47.7 Å². The van der Waals surface area contributed by atoms with Gasteiger partial charge < -0.3 is 39.7 Å². The highest BCUT2D eigenvalue weighted by Gasteiger charge is 2.25. The molecule has 244 valence electrons. The number of amides is 1. The molecule has 1 amide bonds. The number of aromatic nitrogens is 4. The summed E-state index contributed by atoms with van der Waals surface area (Å²) in [5.74, 6) is 1.37. The van der Waals surface area contributed by atoms with Crippen molar-refractivity contribution in [1.29, 1.82) is 0 Å². The summed E-state index contributed by atoms with van der Waals surface area (Å²) < 4.78 is 11.4. The molecule has 0 unspecified atom stereocenters. The third-order valence-electron chi connectivity index (χ3n) is 8.51. The van der Waals surface area contributed by atoms with Crippen molar-refractivity contribution in [2.75, 3.05) is 56.4 Å². The molecule has 1 aliphatic heterocycles. The molecule has 0 saturated carbocycles. The molecule has 0 radical (unpaired) electrons. The lowest BCUT2D eigenvalue weighted by Crippen LogP contribution is -2.42. The molecule has 0 aliphatic carbocycles. The van der Waals surface area contributed by atoms with E-state index in [1.165, 1.54) is 6.08 Å². The number of hydrogen-bond acceptors (Lipinski definition) is 10. The third-order valence-corrected chi connectivity index (χ3v) is 8.51. The summed E-state index contributed by atoms with van der Waals surface area (Å²) >= 11 is 0. The Labute approximate surface area is 273 Å². The van der Waals surface area contributed by atoms with E-state index < -0.39 is 0 Å². The highest BCUT2D eigenvalue weighted by atomic mass is 16.5. The average molecular weight is 637 g/mol. The van der Waals surface area contributed by atoms with Crippen LogP contribution in [0.5, 0.6) is 5.75 Å². The number of fused-ring (bicyclic) bond motifs is 1. The maximum Gasteiger partial charge on any atom is 0.247 e. The molecule has 1 saturated heterocycles. The highest BCUT2D eigenvalue weighted by molar-refractivity contribution is 6.02. The number of carbonyl (C=O) groups is 1. The van der Waals surface area contributed by atoms with Crippen molar-refractivity contribution < 1.29 is 19.1 Å². The molecule has 12 heteroatoms. The first-order chi connectivity index (χ1) is 22.9. The van der Waals surface area contributed by atoms with Crippen molar-refractivity contribution in [3.63, 3.8) is 0 Å². The molecule has 4 N–H and O–H groups in total. The molecule has 12 nitrogen and oxygen atoms in total. The van der Waals surface area contributed by atoms with Crippen LogP contribution in [0.15, 0.2) is 72.0 Å². The number of piperidine rings is 1. The number of benzene rings is 2. The zero-order valence-electron chi connectivity index (χ0n) is 26.9. The molecule has 4 heterocycles. The van der Waals surface area contributed by atoms with Crippen LogP contribution in [0.3, 0.4) is 0 Å². The van der Waals surface area contributed by atoms with Crippen LogP contribution in [0.1, 0.15) is 25.1 Å². The number of methoxy groups -OCH3 is 1. The second-order valence-electron chi connectivity index (χ2n) is 11.7. The van der Waals surface area contributed by atoms with Crippen molar-refractivity contribution in [1.82, 2.24) is 24.8 Å². The Balaban J connectivity index is 1.34. The van der Waals surface area contributed by atoms with E-state index in [9.17, 15) is 9.90 Å². The van der Waals surface area contributed by atoms with Crippen molar-refractivity contribution in [3.05, 3.63) is 73.4 Å². The van der Waals surface area contributed by atoms with Gasteiger partial charge in [0, 0.05) is 55.4 Å². The van der Waals surface area contributed by atoms with Crippen LogP contribution in [0.25, 0.3) is 33.6 Å². The second-order valence-corrected chi connectivity index (χ2v) is 11.7. The van der Waals surface area contributed by atoms with E-state index in [-0.39, 0.29) is 12.5 Å². The monoisotopic (exact) mass is 636 g/mol. The molecule has 2 aromatic carbocycles. The first-order valence-electron chi connectivity index (χ1n) is 15.7. The summed E-state index contributed by atoms with van der Waals surface area (Å²) in [5, 5.41) is 16.7. The van der Waals surface area contributed by atoms with Gasteiger partial charge in [-0.15, -0.1) is 0 Å². The zero-order chi connectivity index (χ0) is 32.9. The standard InChI is InChI=1S/C35H40N8O4/c1-5-32(45)37-26-20-27(30(46-4)21-28(26)43-15-11-24(12-16-43)42(2)3)39-35-36-14-10-25(38-35)34-33(40-31(41-34)7-6-17-44)23-8-9-29-22(19-23)13-18-47-29/h5,8-10,13-14,18-21,24,44H,1,6-7,11-12,15-17H2,2-4H3,(H,37,45)(H,40,41)(H,36,38,39). The van der Waals surface area contributed by atoms with Gasteiger partial charge in [-0.05, 0) is 75.8 Å². The predicted molar refractivity (Wildman–Crippen MR) is 184 cm³/mol. The largest absolute Gasteiger partial charge is 0.494 e. The van der Waals surface area contributed by atoms with Gasteiger partial charge in [0.05, 0.1) is 47.5 Å². The van der Waals surface area contributed by atoms with Gasteiger partial charge in [0.2, 0.25) is 11.9 Å². The Morgan fingerprint density at radius 2 is 2.00 bits per heavy atom. The van der Waals surface area contributed by atoms with Crippen molar-refractivity contribution in [2.45, 2.75) is 31.7 Å². The normalized spacial score (nSPS) is 13.7. The number of aliphatic hydroxyl groups is 1. The van der Waals surface area contributed by atoms with Crippen molar-refractivity contribution in [2.24, 2.45) is 0 Å². The number of aryl methyl sites for hydroxylation is 1. The minimum Gasteiger partial charge on any atom is -0.494 e. The Morgan fingerprint density at radius 3 is 2.74 bits per heavy atom. The number of aliphatic hydroxyl groups excluding tert-OH is 1. The molecule has 6 rings (SSSR count). The number of nitrogens with zero attached hydrogens (tertiary/aromatic N) is 5. The number of aromatic amines is 1. The number of rotatable bonds is 12. The molecule has 0 atom stereocenters. The van der Waals surface area contributed by atoms with E-state index in [2.05, 4.69) is 51.1 Å². The predicted octanol–water partition coefficient (Wildman–Crippen LogP) is 5.61. The van der Waals surface area contributed by atoms with Gasteiger partial charge in [-0.1, -0.05) is 6.58 Å². The smallest absolute Gasteiger partial charge is 0.247 e. The summed E-state index contributed by atoms with van der Waals surface area (Å²) in [6.45, 7) is 5.40. The van der Waals surface area contributed by atoms with E-state index >= 15 is 0 Å². The maximum atomic E-state index is 12.5. The second kappa shape index (κ2) is 14.1. The first kappa shape index (κ1) is 31.8.